The monoisotopic (exact) mass is 388 g/mol. The van der Waals surface area contributed by atoms with E-state index < -0.39 is 0 Å². The largest absolute Gasteiger partial charge is 0.330 e. The number of benzene rings is 1. The maximum Gasteiger partial charge on any atom is 0.328 e. The van der Waals surface area contributed by atoms with E-state index in [0.717, 1.165) is 54.4 Å². The first-order valence-corrected chi connectivity index (χ1v) is 10.2. The van der Waals surface area contributed by atoms with Crippen LogP contribution in [0.1, 0.15) is 30.7 Å². The van der Waals surface area contributed by atoms with Crippen molar-refractivity contribution in [3.8, 4) is 0 Å². The molecule has 0 saturated carbocycles. The molecule has 2 aliphatic rings. The zero-order valence-electron chi connectivity index (χ0n) is 15.3. The molecule has 2 fully saturated rings. The molecule has 7 nitrogen and oxygen atoms in total. The molecule has 2 aromatic rings. The first-order chi connectivity index (χ1) is 13.2. The predicted molar refractivity (Wildman–Crippen MR) is 108 cm³/mol. The molecule has 0 atom stereocenters. The number of nitrogens with zero attached hydrogens (tertiary/aromatic N) is 2. The number of hydrogen-bond donors (Lipinski definition) is 3. The van der Waals surface area contributed by atoms with Crippen molar-refractivity contribution in [2.45, 2.75) is 25.2 Å². The third-order valence-corrected chi connectivity index (χ3v) is 4.94. The number of imide groups is 1. The van der Waals surface area contributed by atoms with Crippen LogP contribution >= 0.6 is 12.0 Å². The van der Waals surface area contributed by atoms with E-state index in [9.17, 15) is 9.59 Å². The summed E-state index contributed by atoms with van der Waals surface area (Å²) < 4.78 is 7.49. The maximum absolute atomic E-state index is 12.2. The number of pyridine rings is 1. The van der Waals surface area contributed by atoms with Gasteiger partial charge in [0.1, 0.15) is 0 Å². The quantitative estimate of drug-likeness (QED) is 0.685. The van der Waals surface area contributed by atoms with Crippen molar-refractivity contribution in [3.63, 3.8) is 0 Å². The van der Waals surface area contributed by atoms with Gasteiger partial charge in [-0.2, -0.15) is 0 Å². The van der Waals surface area contributed by atoms with Gasteiger partial charge in [-0.3, -0.25) is 20.0 Å². The van der Waals surface area contributed by atoms with E-state index in [4.69, 9.17) is 4.55 Å². The van der Waals surface area contributed by atoms with Crippen LogP contribution in [0.25, 0.3) is 10.8 Å². The zero-order chi connectivity index (χ0) is 19.2. The van der Waals surface area contributed by atoms with Crippen LogP contribution in [0, 0.1) is 0 Å². The number of amides is 3. The highest BCUT2D eigenvalue weighted by atomic mass is 32.2. The molecule has 2 aliphatic heterocycles. The van der Waals surface area contributed by atoms with Gasteiger partial charge in [0.2, 0.25) is 5.91 Å². The summed E-state index contributed by atoms with van der Waals surface area (Å²) in [7, 11) is 0. The molecule has 1 aromatic carbocycles. The summed E-state index contributed by atoms with van der Waals surface area (Å²) in [4.78, 5) is 29.6. The minimum absolute atomic E-state index is 0.222. The third kappa shape index (κ3) is 4.40. The molecule has 144 valence electrons. The lowest BCUT2D eigenvalue weighted by molar-refractivity contribution is -0.120. The fourth-order valence-corrected chi connectivity index (χ4v) is 3.70. The highest BCUT2D eigenvalue weighted by Crippen LogP contribution is 2.35. The van der Waals surface area contributed by atoms with Gasteiger partial charge in [0.25, 0.3) is 0 Å². The molecule has 1 aromatic heterocycles. The van der Waals surface area contributed by atoms with Crippen molar-refractivity contribution in [1.82, 2.24) is 15.6 Å². The molecule has 0 unspecified atom stereocenters. The number of fused-ring (bicyclic) bond motifs is 1. The molecular weight excluding hydrogens is 364 g/mol. The average molecular weight is 388 g/mol. The minimum Gasteiger partial charge on any atom is -0.330 e. The Bertz CT molecular complexity index is 824. The second-order valence-electron chi connectivity index (χ2n) is 6.56. The van der Waals surface area contributed by atoms with Gasteiger partial charge in [-0.05, 0) is 49.5 Å². The molecule has 0 bridgehead atoms. The Balaban J connectivity index is 0.000000659. The highest BCUT2D eigenvalue weighted by Gasteiger charge is 2.26. The molecule has 3 heterocycles. The third-order valence-electron chi connectivity index (χ3n) is 4.94. The molecule has 2 saturated heterocycles. The number of aromatic nitrogens is 1. The van der Waals surface area contributed by atoms with E-state index in [2.05, 4.69) is 27.8 Å². The molecule has 0 aliphatic carbocycles. The van der Waals surface area contributed by atoms with Crippen molar-refractivity contribution >= 4 is 40.4 Å². The number of urea groups is 1. The summed E-state index contributed by atoms with van der Waals surface area (Å²) in [5.41, 5.74) is 2.07. The number of hydrogen-bond acceptors (Lipinski definition) is 6. The van der Waals surface area contributed by atoms with E-state index in [1.807, 2.05) is 12.3 Å². The van der Waals surface area contributed by atoms with Crippen LogP contribution in [-0.4, -0.2) is 47.4 Å². The van der Waals surface area contributed by atoms with E-state index >= 15 is 0 Å². The van der Waals surface area contributed by atoms with E-state index in [1.54, 1.807) is 17.4 Å². The first-order valence-electron chi connectivity index (χ1n) is 9.02. The van der Waals surface area contributed by atoms with Crippen LogP contribution in [0.3, 0.4) is 0 Å². The Labute approximate surface area is 162 Å². The van der Waals surface area contributed by atoms with Crippen LogP contribution in [0.2, 0.25) is 0 Å². The lowest BCUT2D eigenvalue weighted by Gasteiger charge is -2.28. The number of piperidine rings is 1. The Morgan fingerprint density at radius 2 is 1.93 bits per heavy atom. The lowest BCUT2D eigenvalue weighted by Crippen LogP contribution is -2.49. The van der Waals surface area contributed by atoms with Crippen LogP contribution < -0.4 is 15.5 Å². The van der Waals surface area contributed by atoms with Gasteiger partial charge in [-0.25, -0.2) is 4.79 Å². The summed E-state index contributed by atoms with van der Waals surface area (Å²) in [5.74, 6) is 0.295. The SMILES string of the molecule is CSO.O=C1CCN(c2cncc3c(C4CCNCC4)cccc23)C(=O)N1. The van der Waals surface area contributed by atoms with Crippen LogP contribution in [-0.2, 0) is 4.79 Å². The number of nitrogens with one attached hydrogen (secondary N) is 2. The van der Waals surface area contributed by atoms with Crippen molar-refractivity contribution in [2.75, 3.05) is 30.8 Å². The molecule has 3 N–H and O–H groups in total. The van der Waals surface area contributed by atoms with Gasteiger partial charge < -0.3 is 9.87 Å². The lowest BCUT2D eigenvalue weighted by atomic mass is 9.87. The number of carbonyl (C=O) groups excluding carboxylic acids is 2. The van der Waals surface area contributed by atoms with Crippen molar-refractivity contribution in [3.05, 3.63) is 36.2 Å². The molecule has 0 radical (unpaired) electrons. The zero-order valence-corrected chi connectivity index (χ0v) is 16.1. The van der Waals surface area contributed by atoms with Crippen LogP contribution in [0.4, 0.5) is 10.5 Å². The Morgan fingerprint density at radius 1 is 1.19 bits per heavy atom. The fraction of sp³-hybridized carbons (Fsp3) is 0.421. The van der Waals surface area contributed by atoms with Crippen molar-refractivity contribution < 1.29 is 14.1 Å². The van der Waals surface area contributed by atoms with E-state index in [0.29, 0.717) is 18.9 Å². The smallest absolute Gasteiger partial charge is 0.328 e. The second-order valence-corrected chi connectivity index (χ2v) is 6.93. The van der Waals surface area contributed by atoms with Gasteiger partial charge in [-0.15, -0.1) is 0 Å². The Kier molecular flexibility index (Phi) is 6.65. The van der Waals surface area contributed by atoms with Crippen LogP contribution in [0.5, 0.6) is 0 Å². The number of carbonyl (C=O) groups is 2. The predicted octanol–water partition coefficient (Wildman–Crippen LogP) is 2.97. The molecule has 4 rings (SSSR count). The van der Waals surface area contributed by atoms with Crippen molar-refractivity contribution in [2.24, 2.45) is 0 Å². The Hall–Kier alpha value is -2.16. The average Bonchev–Trinajstić information content (AvgIpc) is 2.69. The summed E-state index contributed by atoms with van der Waals surface area (Å²) in [6, 6.07) is 5.88. The first kappa shape index (κ1) is 19.6. The molecule has 0 spiro atoms. The topological polar surface area (TPSA) is 94.6 Å². The molecule has 8 heteroatoms. The minimum atomic E-state index is -0.368. The summed E-state index contributed by atoms with van der Waals surface area (Å²) >= 11 is 0.750. The van der Waals surface area contributed by atoms with Gasteiger partial charge in [-0.1, -0.05) is 18.2 Å². The van der Waals surface area contributed by atoms with Crippen molar-refractivity contribution in [1.29, 1.82) is 0 Å². The normalized spacial score (nSPS) is 18.1. The van der Waals surface area contributed by atoms with Crippen LogP contribution in [0.15, 0.2) is 30.6 Å². The standard InChI is InChI=1S/C18H20N4O2.CH4OS/c23-17-6-9-22(18(24)21-17)16-11-20-10-15-13(2-1-3-14(15)16)12-4-7-19-8-5-12;1-3-2/h1-3,10-12,19H,4-9H2,(H,21,23,24);2H,1H3. The van der Waals surface area contributed by atoms with E-state index in [-0.39, 0.29) is 11.9 Å². The second kappa shape index (κ2) is 9.16. The van der Waals surface area contributed by atoms with Gasteiger partial charge >= 0.3 is 6.03 Å². The van der Waals surface area contributed by atoms with E-state index in [1.165, 1.54) is 5.56 Å². The van der Waals surface area contributed by atoms with Gasteiger partial charge in [0.15, 0.2) is 0 Å². The van der Waals surface area contributed by atoms with Gasteiger partial charge in [0, 0.05) is 36.2 Å². The highest BCUT2D eigenvalue weighted by molar-refractivity contribution is 7.93. The molecular formula is C19H24N4O3S. The van der Waals surface area contributed by atoms with Gasteiger partial charge in [0.05, 0.1) is 11.9 Å². The summed E-state index contributed by atoms with van der Waals surface area (Å²) in [5, 5.41) is 7.90. The number of rotatable bonds is 2. The number of anilines is 1. The fourth-order valence-electron chi connectivity index (χ4n) is 3.70. The summed E-state index contributed by atoms with van der Waals surface area (Å²) in [6.45, 7) is 2.46. The Morgan fingerprint density at radius 3 is 2.63 bits per heavy atom. The molecule has 27 heavy (non-hydrogen) atoms. The molecule has 3 amide bonds. The maximum atomic E-state index is 12.2. The summed E-state index contributed by atoms with van der Waals surface area (Å²) in [6.07, 6.45) is 7.74.